The van der Waals surface area contributed by atoms with Crippen molar-refractivity contribution in [1.29, 1.82) is 0 Å². The molecule has 0 spiro atoms. The van der Waals surface area contributed by atoms with Crippen molar-refractivity contribution in [2.45, 2.75) is 27.7 Å². The number of hydrogen-bond donors (Lipinski definition) is 0. The van der Waals surface area contributed by atoms with Gasteiger partial charge in [0.25, 0.3) is 0 Å². The maximum Gasteiger partial charge on any atom is 0.127 e. The van der Waals surface area contributed by atoms with Gasteiger partial charge in [-0.25, -0.2) is 4.39 Å². The number of hydrogen-bond acceptors (Lipinski definition) is 1. The van der Waals surface area contributed by atoms with Crippen LogP contribution < -0.4 is 4.74 Å². The zero-order valence-corrected chi connectivity index (χ0v) is 9.80. The van der Waals surface area contributed by atoms with E-state index >= 15 is 0 Å². The van der Waals surface area contributed by atoms with E-state index in [1.165, 1.54) is 12.1 Å². The summed E-state index contributed by atoms with van der Waals surface area (Å²) in [6, 6.07) is 4.83. The second-order valence-electron chi connectivity index (χ2n) is 4.38. The Bertz CT molecular complexity index is 318. The van der Waals surface area contributed by atoms with Gasteiger partial charge in [-0.05, 0) is 29.5 Å². The van der Waals surface area contributed by atoms with Gasteiger partial charge in [0.05, 0.1) is 6.61 Å². The lowest BCUT2D eigenvalue weighted by atomic mass is 10.0. The molecule has 2 heteroatoms. The first-order chi connectivity index (χ1) is 6.99. The van der Waals surface area contributed by atoms with Crippen molar-refractivity contribution in [1.82, 2.24) is 0 Å². The summed E-state index contributed by atoms with van der Waals surface area (Å²) in [4.78, 5) is 0. The average molecular weight is 209 g/mol. The van der Waals surface area contributed by atoms with Gasteiger partial charge in [0, 0.05) is 6.07 Å². The molecule has 1 aromatic carbocycles. The highest BCUT2D eigenvalue weighted by Gasteiger charge is 2.06. The Hall–Kier alpha value is -1.05. The second-order valence-corrected chi connectivity index (χ2v) is 4.38. The molecule has 15 heavy (non-hydrogen) atoms. The van der Waals surface area contributed by atoms with Gasteiger partial charge in [-0.1, -0.05) is 27.7 Å². The quantitative estimate of drug-likeness (QED) is 0.732. The molecule has 0 aromatic heterocycles. The molecule has 0 aliphatic heterocycles. The van der Waals surface area contributed by atoms with E-state index in [0.29, 0.717) is 18.3 Å². The Morgan fingerprint density at radius 2 is 1.93 bits per heavy atom. The van der Waals surface area contributed by atoms with Crippen LogP contribution in [0.2, 0.25) is 0 Å². The van der Waals surface area contributed by atoms with E-state index in [1.54, 1.807) is 0 Å². The van der Waals surface area contributed by atoms with Crippen LogP contribution in [0, 0.1) is 17.7 Å². The minimum Gasteiger partial charge on any atom is -0.493 e. The molecule has 0 atom stereocenters. The standard InChI is InChI=1S/C13H18FO/c1-9(2)8-15-13-6-11(10(3)4)5-12(14)7-13/h5-7,9H,8H2,1-4H3. The van der Waals surface area contributed by atoms with E-state index in [9.17, 15) is 4.39 Å². The van der Waals surface area contributed by atoms with E-state index in [4.69, 9.17) is 4.74 Å². The monoisotopic (exact) mass is 209 g/mol. The molecule has 1 nitrogen and oxygen atoms in total. The normalized spacial score (nSPS) is 11.1. The van der Waals surface area contributed by atoms with Gasteiger partial charge in [-0.2, -0.15) is 0 Å². The Kier molecular flexibility index (Phi) is 4.13. The first kappa shape index (κ1) is 12.0. The largest absolute Gasteiger partial charge is 0.493 e. The highest BCUT2D eigenvalue weighted by Crippen LogP contribution is 2.22. The van der Waals surface area contributed by atoms with Crippen LogP contribution in [0.1, 0.15) is 33.3 Å². The van der Waals surface area contributed by atoms with Crippen molar-refractivity contribution in [3.63, 3.8) is 0 Å². The third kappa shape index (κ3) is 3.90. The van der Waals surface area contributed by atoms with Gasteiger partial charge in [0.15, 0.2) is 0 Å². The van der Waals surface area contributed by atoms with Crippen molar-refractivity contribution in [3.8, 4) is 5.75 Å². The van der Waals surface area contributed by atoms with Crippen LogP contribution in [0.4, 0.5) is 4.39 Å². The van der Waals surface area contributed by atoms with Crippen molar-refractivity contribution in [2.24, 2.45) is 5.92 Å². The molecule has 0 fully saturated rings. The molecule has 1 radical (unpaired) electrons. The van der Waals surface area contributed by atoms with Gasteiger partial charge >= 0.3 is 0 Å². The molecule has 0 saturated heterocycles. The summed E-state index contributed by atoms with van der Waals surface area (Å²) in [5.74, 6) is 1.90. The fourth-order valence-electron chi connectivity index (χ4n) is 1.20. The molecule has 0 saturated carbocycles. The maximum absolute atomic E-state index is 13.2. The lowest BCUT2D eigenvalue weighted by molar-refractivity contribution is 0.269. The molecular weight excluding hydrogens is 191 g/mol. The summed E-state index contributed by atoms with van der Waals surface area (Å²) in [6.07, 6.45) is 0. The lowest BCUT2D eigenvalue weighted by Gasteiger charge is -2.11. The maximum atomic E-state index is 13.2. The van der Waals surface area contributed by atoms with Crippen molar-refractivity contribution in [2.75, 3.05) is 6.61 Å². The summed E-state index contributed by atoms with van der Waals surface area (Å²) in [5, 5.41) is 0. The van der Waals surface area contributed by atoms with Crippen LogP contribution >= 0.6 is 0 Å². The third-order valence-electron chi connectivity index (χ3n) is 2.03. The van der Waals surface area contributed by atoms with Gasteiger partial charge < -0.3 is 4.74 Å². The van der Waals surface area contributed by atoms with E-state index in [0.717, 1.165) is 11.5 Å². The Labute approximate surface area is 91.3 Å². The fraction of sp³-hybridized carbons (Fsp3) is 0.462. The SMILES string of the molecule is C[C](C)c1cc(F)cc(OCC(C)C)c1. The minimum absolute atomic E-state index is 0.243. The minimum atomic E-state index is -0.243. The number of rotatable bonds is 4. The van der Waals surface area contributed by atoms with Gasteiger partial charge in [0.1, 0.15) is 11.6 Å². The topological polar surface area (TPSA) is 9.23 Å². The van der Waals surface area contributed by atoms with Gasteiger partial charge in [-0.3, -0.25) is 0 Å². The number of benzene rings is 1. The van der Waals surface area contributed by atoms with Crippen molar-refractivity contribution >= 4 is 0 Å². The van der Waals surface area contributed by atoms with E-state index in [2.05, 4.69) is 13.8 Å². The van der Waals surface area contributed by atoms with Crippen LogP contribution in [-0.4, -0.2) is 6.61 Å². The molecule has 0 heterocycles. The Morgan fingerprint density at radius 3 is 2.47 bits per heavy atom. The first-order valence-corrected chi connectivity index (χ1v) is 5.23. The van der Waals surface area contributed by atoms with E-state index < -0.39 is 0 Å². The average Bonchev–Trinajstić information content (AvgIpc) is 2.13. The summed E-state index contributed by atoms with van der Waals surface area (Å²) < 4.78 is 18.7. The van der Waals surface area contributed by atoms with E-state index in [1.807, 2.05) is 19.9 Å². The molecule has 0 aliphatic rings. The Balaban J connectivity index is 2.79. The van der Waals surface area contributed by atoms with Crippen LogP contribution in [0.3, 0.4) is 0 Å². The molecule has 0 N–H and O–H groups in total. The van der Waals surface area contributed by atoms with E-state index in [-0.39, 0.29) is 5.82 Å². The van der Waals surface area contributed by atoms with Crippen molar-refractivity contribution < 1.29 is 9.13 Å². The molecule has 0 bridgehead atoms. The summed E-state index contributed by atoms with van der Waals surface area (Å²) >= 11 is 0. The van der Waals surface area contributed by atoms with Gasteiger partial charge in [-0.15, -0.1) is 0 Å². The molecule has 0 aliphatic carbocycles. The highest BCUT2D eigenvalue weighted by atomic mass is 19.1. The van der Waals surface area contributed by atoms with Crippen LogP contribution in [-0.2, 0) is 0 Å². The lowest BCUT2D eigenvalue weighted by Crippen LogP contribution is -2.05. The molecule has 1 rings (SSSR count). The first-order valence-electron chi connectivity index (χ1n) is 5.23. The predicted molar refractivity (Wildman–Crippen MR) is 60.4 cm³/mol. The molecular formula is C13H18FO. The van der Waals surface area contributed by atoms with Crippen molar-refractivity contribution in [3.05, 3.63) is 35.5 Å². The van der Waals surface area contributed by atoms with Crippen LogP contribution in [0.15, 0.2) is 18.2 Å². The molecule has 0 amide bonds. The molecule has 0 unspecified atom stereocenters. The smallest absolute Gasteiger partial charge is 0.127 e. The molecule has 83 valence electrons. The second kappa shape index (κ2) is 5.15. The summed E-state index contributed by atoms with van der Waals surface area (Å²) in [7, 11) is 0. The van der Waals surface area contributed by atoms with Crippen LogP contribution in [0.5, 0.6) is 5.75 Å². The summed E-state index contributed by atoms with van der Waals surface area (Å²) in [6.45, 7) is 8.67. The zero-order valence-electron chi connectivity index (χ0n) is 9.80. The zero-order chi connectivity index (χ0) is 11.4. The van der Waals surface area contributed by atoms with Crippen LogP contribution in [0.25, 0.3) is 0 Å². The number of ether oxygens (including phenoxy) is 1. The highest BCUT2D eigenvalue weighted by molar-refractivity contribution is 5.36. The predicted octanol–water partition coefficient (Wildman–Crippen LogP) is 3.82. The fourth-order valence-corrected chi connectivity index (χ4v) is 1.20. The third-order valence-corrected chi connectivity index (χ3v) is 2.03. The summed E-state index contributed by atoms with van der Waals surface area (Å²) in [5.41, 5.74) is 0.897. The number of halogens is 1. The van der Waals surface area contributed by atoms with Gasteiger partial charge in [0.2, 0.25) is 0 Å². The molecule has 1 aromatic rings. The Morgan fingerprint density at radius 1 is 1.27 bits per heavy atom.